The van der Waals surface area contributed by atoms with Crippen LogP contribution in [0, 0.1) is 0 Å². The van der Waals surface area contributed by atoms with Gasteiger partial charge in [-0.25, -0.2) is 0 Å². The molecule has 0 aliphatic rings. The molecule has 1 heterocycles. The van der Waals surface area contributed by atoms with Crippen LogP contribution in [0.3, 0.4) is 0 Å². The highest BCUT2D eigenvalue weighted by atomic mass is 35.5. The quantitative estimate of drug-likeness (QED) is 0.570. The molecule has 0 bridgehead atoms. The van der Waals surface area contributed by atoms with E-state index >= 15 is 0 Å². The van der Waals surface area contributed by atoms with Crippen molar-refractivity contribution in [2.24, 2.45) is 0 Å². The standard InChI is InChI=1S/C19H20ClNO2.ClH/c1-21(2)11-9-18(14-10-12-22-13-14)23-19-8-7-17(20)15-5-3-4-6-16(15)19;/h3-8,10,12-13,18H,9,11H2,1-2H3;1H. The van der Waals surface area contributed by atoms with Crippen molar-refractivity contribution in [1.82, 2.24) is 4.90 Å². The summed E-state index contributed by atoms with van der Waals surface area (Å²) in [5.74, 6) is 0.843. The molecule has 0 amide bonds. The fourth-order valence-electron chi connectivity index (χ4n) is 2.62. The number of furan rings is 1. The van der Waals surface area contributed by atoms with Crippen molar-refractivity contribution in [2.75, 3.05) is 20.6 Å². The molecule has 1 unspecified atom stereocenters. The van der Waals surface area contributed by atoms with Crippen LogP contribution in [0.1, 0.15) is 18.1 Å². The van der Waals surface area contributed by atoms with Crippen LogP contribution in [0.15, 0.2) is 59.4 Å². The van der Waals surface area contributed by atoms with Gasteiger partial charge in [-0.2, -0.15) is 0 Å². The minimum atomic E-state index is -0.0549. The van der Waals surface area contributed by atoms with Gasteiger partial charge in [0.2, 0.25) is 0 Å². The lowest BCUT2D eigenvalue weighted by Gasteiger charge is -2.21. The number of nitrogens with zero attached hydrogens (tertiary/aromatic N) is 1. The molecule has 24 heavy (non-hydrogen) atoms. The highest BCUT2D eigenvalue weighted by Crippen LogP contribution is 2.34. The Morgan fingerprint density at radius 2 is 1.83 bits per heavy atom. The predicted octanol–water partition coefficient (Wildman–Crippen LogP) is 5.58. The lowest BCUT2D eigenvalue weighted by molar-refractivity contribution is 0.181. The lowest BCUT2D eigenvalue weighted by Crippen LogP contribution is -2.18. The summed E-state index contributed by atoms with van der Waals surface area (Å²) in [7, 11) is 4.12. The van der Waals surface area contributed by atoms with Crippen molar-refractivity contribution in [3.63, 3.8) is 0 Å². The zero-order chi connectivity index (χ0) is 16.2. The first-order valence-corrected chi connectivity index (χ1v) is 8.03. The summed E-state index contributed by atoms with van der Waals surface area (Å²) < 4.78 is 11.6. The van der Waals surface area contributed by atoms with Crippen molar-refractivity contribution >= 4 is 34.8 Å². The molecule has 128 valence electrons. The van der Waals surface area contributed by atoms with Crippen molar-refractivity contribution in [2.45, 2.75) is 12.5 Å². The van der Waals surface area contributed by atoms with Crippen LogP contribution >= 0.6 is 24.0 Å². The average Bonchev–Trinajstić information content (AvgIpc) is 3.08. The second kappa shape index (κ2) is 8.43. The Bertz CT molecular complexity index is 772. The fraction of sp³-hybridized carbons (Fsp3) is 0.263. The van der Waals surface area contributed by atoms with Crippen LogP contribution in [-0.2, 0) is 0 Å². The summed E-state index contributed by atoms with van der Waals surface area (Å²) in [6, 6.07) is 13.8. The molecule has 0 aliphatic carbocycles. The minimum Gasteiger partial charge on any atom is -0.485 e. The predicted molar refractivity (Wildman–Crippen MR) is 101 cm³/mol. The molecule has 0 saturated carbocycles. The van der Waals surface area contributed by atoms with Crippen LogP contribution in [0.5, 0.6) is 5.75 Å². The number of hydrogen-bond donors (Lipinski definition) is 0. The molecule has 0 saturated heterocycles. The molecule has 0 fully saturated rings. The fourth-order valence-corrected chi connectivity index (χ4v) is 2.85. The van der Waals surface area contributed by atoms with Gasteiger partial charge in [-0.1, -0.05) is 35.9 Å². The van der Waals surface area contributed by atoms with Crippen molar-refractivity contribution < 1.29 is 9.15 Å². The zero-order valence-corrected chi connectivity index (χ0v) is 15.3. The number of hydrogen-bond acceptors (Lipinski definition) is 3. The molecular weight excluding hydrogens is 345 g/mol. The molecule has 2 aromatic carbocycles. The summed E-state index contributed by atoms with van der Waals surface area (Å²) >= 11 is 6.29. The van der Waals surface area contributed by atoms with E-state index in [1.807, 2.05) is 42.5 Å². The van der Waals surface area contributed by atoms with Gasteiger partial charge in [-0.15, -0.1) is 12.4 Å². The summed E-state index contributed by atoms with van der Waals surface area (Å²) in [6.07, 6.45) is 4.25. The zero-order valence-electron chi connectivity index (χ0n) is 13.7. The van der Waals surface area contributed by atoms with E-state index in [-0.39, 0.29) is 18.5 Å². The molecule has 5 heteroatoms. The number of benzene rings is 2. The molecule has 3 nitrogen and oxygen atoms in total. The monoisotopic (exact) mass is 365 g/mol. The van der Waals surface area contributed by atoms with Gasteiger partial charge in [-0.05, 0) is 32.3 Å². The second-order valence-electron chi connectivity index (χ2n) is 5.85. The molecule has 0 radical (unpaired) electrons. The Kier molecular flexibility index (Phi) is 6.55. The maximum Gasteiger partial charge on any atom is 0.128 e. The van der Waals surface area contributed by atoms with E-state index in [0.717, 1.165) is 40.1 Å². The van der Waals surface area contributed by atoms with Crippen molar-refractivity contribution in [3.05, 3.63) is 65.6 Å². The Labute approximate surface area is 153 Å². The summed E-state index contributed by atoms with van der Waals surface area (Å²) in [6.45, 7) is 0.932. The van der Waals surface area contributed by atoms with Gasteiger partial charge < -0.3 is 14.1 Å². The lowest BCUT2D eigenvalue weighted by atomic mass is 10.1. The van der Waals surface area contributed by atoms with Crippen LogP contribution in [0.4, 0.5) is 0 Å². The Morgan fingerprint density at radius 3 is 2.50 bits per heavy atom. The van der Waals surface area contributed by atoms with E-state index in [1.165, 1.54) is 0 Å². The Morgan fingerprint density at radius 1 is 1.08 bits per heavy atom. The Hall–Kier alpha value is -1.68. The molecule has 0 aliphatic heterocycles. The van der Waals surface area contributed by atoms with E-state index in [9.17, 15) is 0 Å². The third kappa shape index (κ3) is 4.23. The van der Waals surface area contributed by atoms with Gasteiger partial charge >= 0.3 is 0 Å². The summed E-state index contributed by atoms with van der Waals surface area (Å²) in [5.41, 5.74) is 1.05. The smallest absolute Gasteiger partial charge is 0.128 e. The molecule has 0 spiro atoms. The largest absolute Gasteiger partial charge is 0.485 e. The highest BCUT2D eigenvalue weighted by Gasteiger charge is 2.17. The molecule has 1 aromatic heterocycles. The molecule has 3 aromatic rings. The van der Waals surface area contributed by atoms with Crippen LogP contribution in [-0.4, -0.2) is 25.5 Å². The summed E-state index contributed by atoms with van der Waals surface area (Å²) in [5, 5.41) is 2.77. The van der Waals surface area contributed by atoms with Crippen LogP contribution < -0.4 is 4.74 Å². The average molecular weight is 366 g/mol. The first kappa shape index (κ1) is 18.7. The first-order valence-electron chi connectivity index (χ1n) is 7.66. The van der Waals surface area contributed by atoms with E-state index in [4.69, 9.17) is 20.8 Å². The Balaban J connectivity index is 0.00000208. The normalized spacial score (nSPS) is 12.2. The third-order valence-corrected chi connectivity index (χ3v) is 4.18. The van der Waals surface area contributed by atoms with Crippen molar-refractivity contribution in [3.8, 4) is 5.75 Å². The minimum absolute atomic E-state index is 0. The van der Waals surface area contributed by atoms with Gasteiger partial charge in [-0.3, -0.25) is 0 Å². The van der Waals surface area contributed by atoms with Crippen molar-refractivity contribution in [1.29, 1.82) is 0 Å². The molecular formula is C19H21Cl2NO2. The van der Waals surface area contributed by atoms with Crippen LogP contribution in [0.2, 0.25) is 5.02 Å². The van der Waals surface area contributed by atoms with E-state index in [0.29, 0.717) is 0 Å². The number of rotatable bonds is 6. The maximum atomic E-state index is 6.33. The van der Waals surface area contributed by atoms with Gasteiger partial charge in [0.05, 0.1) is 12.5 Å². The SMILES string of the molecule is CN(C)CCC(Oc1ccc(Cl)c2ccccc12)c1ccoc1.Cl. The van der Waals surface area contributed by atoms with E-state index in [1.54, 1.807) is 12.5 Å². The molecule has 0 N–H and O–H groups in total. The first-order chi connectivity index (χ1) is 11.1. The number of halogens is 2. The molecule has 1 atom stereocenters. The van der Waals surface area contributed by atoms with E-state index < -0.39 is 0 Å². The van der Waals surface area contributed by atoms with Gasteiger partial charge in [0, 0.05) is 34.3 Å². The van der Waals surface area contributed by atoms with Crippen LogP contribution in [0.25, 0.3) is 10.8 Å². The third-order valence-electron chi connectivity index (χ3n) is 3.85. The topological polar surface area (TPSA) is 25.6 Å². The van der Waals surface area contributed by atoms with Gasteiger partial charge in [0.25, 0.3) is 0 Å². The number of fused-ring (bicyclic) bond motifs is 1. The number of ether oxygens (including phenoxy) is 1. The molecule has 3 rings (SSSR count). The van der Waals surface area contributed by atoms with E-state index in [2.05, 4.69) is 19.0 Å². The van der Waals surface area contributed by atoms with Gasteiger partial charge in [0.15, 0.2) is 0 Å². The highest BCUT2D eigenvalue weighted by molar-refractivity contribution is 6.35. The maximum absolute atomic E-state index is 6.33. The van der Waals surface area contributed by atoms with Gasteiger partial charge in [0.1, 0.15) is 11.9 Å². The second-order valence-corrected chi connectivity index (χ2v) is 6.25. The summed E-state index contributed by atoms with van der Waals surface area (Å²) in [4.78, 5) is 2.15.